The summed E-state index contributed by atoms with van der Waals surface area (Å²) in [6, 6.07) is 4.55. The summed E-state index contributed by atoms with van der Waals surface area (Å²) in [5, 5.41) is 14.5. The molecule has 0 bridgehead atoms. The van der Waals surface area contributed by atoms with Gasteiger partial charge >= 0.3 is 0 Å². The lowest BCUT2D eigenvalue weighted by Gasteiger charge is -2.23. The van der Waals surface area contributed by atoms with Gasteiger partial charge in [-0.2, -0.15) is 0 Å². The van der Waals surface area contributed by atoms with Crippen LogP contribution in [-0.2, 0) is 0 Å². The number of nitro benzene ring substituents is 1. The highest BCUT2D eigenvalue weighted by Crippen LogP contribution is 2.35. The predicted molar refractivity (Wildman–Crippen MR) is 82.2 cm³/mol. The fourth-order valence-corrected chi connectivity index (χ4v) is 3.87. The van der Waals surface area contributed by atoms with E-state index in [0.717, 1.165) is 23.1 Å². The molecular formula is C14H18BrN3O2. The van der Waals surface area contributed by atoms with Gasteiger partial charge in [0.25, 0.3) is 5.69 Å². The molecule has 1 aromatic carbocycles. The van der Waals surface area contributed by atoms with Gasteiger partial charge in [0.2, 0.25) is 0 Å². The first-order valence-corrected chi connectivity index (χ1v) is 7.80. The minimum absolute atomic E-state index is 0.163. The number of benzene rings is 1. The van der Waals surface area contributed by atoms with Gasteiger partial charge in [0.15, 0.2) is 0 Å². The number of nitrogens with zero attached hydrogens (tertiary/aromatic N) is 2. The Hall–Kier alpha value is -1.14. The van der Waals surface area contributed by atoms with Crippen molar-refractivity contribution < 1.29 is 4.92 Å². The first-order valence-electron chi connectivity index (χ1n) is 7.01. The van der Waals surface area contributed by atoms with E-state index >= 15 is 0 Å². The minimum Gasteiger partial charge on any atom is -0.380 e. The molecule has 2 heterocycles. The van der Waals surface area contributed by atoms with Crippen molar-refractivity contribution in [1.29, 1.82) is 0 Å². The minimum atomic E-state index is -0.335. The molecule has 2 fully saturated rings. The highest BCUT2D eigenvalue weighted by Gasteiger charge is 2.37. The lowest BCUT2D eigenvalue weighted by molar-refractivity contribution is -0.385. The second kappa shape index (κ2) is 5.33. The average molecular weight is 340 g/mol. The fourth-order valence-electron chi connectivity index (χ4n) is 3.43. The maximum Gasteiger partial charge on any atom is 0.273 e. The Morgan fingerprint density at radius 2 is 2.20 bits per heavy atom. The maximum absolute atomic E-state index is 10.9. The molecule has 0 spiro atoms. The molecule has 0 aliphatic carbocycles. The zero-order valence-electron chi connectivity index (χ0n) is 11.4. The van der Waals surface area contributed by atoms with E-state index in [1.807, 2.05) is 6.07 Å². The Balaban J connectivity index is 1.81. The van der Waals surface area contributed by atoms with Crippen molar-refractivity contribution in [2.75, 3.05) is 18.4 Å². The second-order valence-electron chi connectivity index (χ2n) is 5.66. The Labute approximate surface area is 126 Å². The van der Waals surface area contributed by atoms with E-state index in [9.17, 15) is 10.1 Å². The molecule has 0 radical (unpaired) electrons. The van der Waals surface area contributed by atoms with Crippen LogP contribution in [0.2, 0.25) is 0 Å². The molecule has 0 aromatic heterocycles. The summed E-state index contributed by atoms with van der Waals surface area (Å²) in [5.74, 6) is 0. The highest BCUT2D eigenvalue weighted by molar-refractivity contribution is 9.10. The first kappa shape index (κ1) is 13.8. The van der Waals surface area contributed by atoms with Gasteiger partial charge in [-0.05, 0) is 54.7 Å². The Kier molecular flexibility index (Phi) is 3.69. The molecule has 0 saturated carbocycles. The van der Waals surface area contributed by atoms with Gasteiger partial charge in [0.05, 0.1) is 4.92 Å². The van der Waals surface area contributed by atoms with E-state index in [1.165, 1.54) is 19.4 Å². The van der Waals surface area contributed by atoms with Gasteiger partial charge in [0, 0.05) is 40.4 Å². The van der Waals surface area contributed by atoms with Crippen LogP contribution in [0.4, 0.5) is 11.4 Å². The second-order valence-corrected chi connectivity index (χ2v) is 6.52. The molecule has 1 aromatic rings. The molecule has 108 valence electrons. The molecule has 3 rings (SSSR count). The fraction of sp³-hybridized carbons (Fsp3) is 0.571. The number of fused-ring (bicyclic) bond motifs is 1. The predicted octanol–water partition coefficient (Wildman–Crippen LogP) is 3.31. The van der Waals surface area contributed by atoms with Gasteiger partial charge in [-0.15, -0.1) is 0 Å². The van der Waals surface area contributed by atoms with Crippen LogP contribution in [0.3, 0.4) is 0 Å². The SMILES string of the molecule is Cc1cc(NC2CCN3CCCC23)c(Br)cc1[N+](=O)[O-]. The molecule has 2 unspecified atom stereocenters. The van der Waals surface area contributed by atoms with Crippen LogP contribution in [0, 0.1) is 17.0 Å². The zero-order chi connectivity index (χ0) is 14.3. The van der Waals surface area contributed by atoms with E-state index in [4.69, 9.17) is 0 Å². The Morgan fingerprint density at radius 3 is 2.95 bits per heavy atom. The summed E-state index contributed by atoms with van der Waals surface area (Å²) >= 11 is 3.45. The summed E-state index contributed by atoms with van der Waals surface area (Å²) < 4.78 is 0.770. The zero-order valence-corrected chi connectivity index (χ0v) is 13.0. The van der Waals surface area contributed by atoms with E-state index in [0.29, 0.717) is 17.6 Å². The normalized spacial score (nSPS) is 25.7. The summed E-state index contributed by atoms with van der Waals surface area (Å²) in [7, 11) is 0. The molecule has 6 heteroatoms. The number of nitrogens with one attached hydrogen (secondary N) is 1. The third-order valence-corrected chi connectivity index (χ3v) is 5.09. The largest absolute Gasteiger partial charge is 0.380 e. The number of aryl methyl sites for hydroxylation is 1. The van der Waals surface area contributed by atoms with Gasteiger partial charge in [-0.25, -0.2) is 0 Å². The standard InChI is InChI=1S/C14H18BrN3O2/c1-9-7-12(10(15)8-14(9)18(19)20)16-11-4-6-17-5-2-3-13(11)17/h7-8,11,13,16H,2-6H2,1H3. The molecule has 1 N–H and O–H groups in total. The van der Waals surface area contributed by atoms with Crippen molar-refractivity contribution in [3.05, 3.63) is 32.3 Å². The van der Waals surface area contributed by atoms with Crippen LogP contribution in [-0.4, -0.2) is 35.0 Å². The molecule has 2 aliphatic heterocycles. The molecule has 2 atom stereocenters. The maximum atomic E-state index is 10.9. The van der Waals surface area contributed by atoms with Crippen LogP contribution in [0.25, 0.3) is 0 Å². The number of rotatable bonds is 3. The van der Waals surface area contributed by atoms with Crippen molar-refractivity contribution >= 4 is 27.3 Å². The van der Waals surface area contributed by atoms with Crippen molar-refractivity contribution in [1.82, 2.24) is 4.90 Å². The third-order valence-electron chi connectivity index (χ3n) is 4.43. The monoisotopic (exact) mass is 339 g/mol. The van der Waals surface area contributed by atoms with Crippen LogP contribution in [0.1, 0.15) is 24.8 Å². The molecule has 2 saturated heterocycles. The number of hydrogen-bond donors (Lipinski definition) is 1. The van der Waals surface area contributed by atoms with E-state index in [2.05, 4.69) is 26.1 Å². The number of anilines is 1. The number of hydrogen-bond acceptors (Lipinski definition) is 4. The van der Waals surface area contributed by atoms with Crippen LogP contribution in [0.15, 0.2) is 16.6 Å². The average Bonchev–Trinajstić information content (AvgIpc) is 2.97. The van der Waals surface area contributed by atoms with E-state index < -0.39 is 0 Å². The number of nitro groups is 1. The summed E-state index contributed by atoms with van der Waals surface area (Å²) in [6.45, 7) is 4.15. The van der Waals surface area contributed by atoms with Gasteiger partial charge in [0.1, 0.15) is 0 Å². The number of halogens is 1. The van der Waals surface area contributed by atoms with Crippen LogP contribution in [0.5, 0.6) is 0 Å². The van der Waals surface area contributed by atoms with E-state index in [1.54, 1.807) is 13.0 Å². The Morgan fingerprint density at radius 1 is 1.40 bits per heavy atom. The first-order chi connectivity index (χ1) is 9.56. The molecule has 20 heavy (non-hydrogen) atoms. The van der Waals surface area contributed by atoms with Gasteiger partial charge in [-0.3, -0.25) is 15.0 Å². The van der Waals surface area contributed by atoms with Crippen molar-refractivity contribution in [2.45, 2.75) is 38.3 Å². The van der Waals surface area contributed by atoms with Gasteiger partial charge in [-0.1, -0.05) is 0 Å². The molecule has 2 aliphatic rings. The quantitative estimate of drug-likeness (QED) is 0.677. The van der Waals surface area contributed by atoms with Gasteiger partial charge < -0.3 is 5.32 Å². The topological polar surface area (TPSA) is 58.4 Å². The highest BCUT2D eigenvalue weighted by atomic mass is 79.9. The third kappa shape index (κ3) is 2.42. The molecule has 5 nitrogen and oxygen atoms in total. The smallest absolute Gasteiger partial charge is 0.273 e. The summed E-state index contributed by atoms with van der Waals surface area (Å²) in [4.78, 5) is 13.1. The molecule has 0 amide bonds. The summed E-state index contributed by atoms with van der Waals surface area (Å²) in [6.07, 6.45) is 3.68. The Bertz CT molecular complexity index is 549. The van der Waals surface area contributed by atoms with Crippen LogP contribution < -0.4 is 5.32 Å². The lowest BCUT2D eigenvalue weighted by atomic mass is 10.1. The molecular weight excluding hydrogens is 322 g/mol. The van der Waals surface area contributed by atoms with Crippen molar-refractivity contribution in [3.8, 4) is 0 Å². The van der Waals surface area contributed by atoms with E-state index in [-0.39, 0.29) is 10.6 Å². The summed E-state index contributed by atoms with van der Waals surface area (Å²) in [5.41, 5.74) is 1.82. The van der Waals surface area contributed by atoms with Crippen molar-refractivity contribution in [2.24, 2.45) is 0 Å². The van der Waals surface area contributed by atoms with Crippen molar-refractivity contribution in [3.63, 3.8) is 0 Å². The lowest BCUT2D eigenvalue weighted by Crippen LogP contribution is -2.33. The van der Waals surface area contributed by atoms with Crippen LogP contribution >= 0.6 is 15.9 Å².